The first-order valence-electron chi connectivity index (χ1n) is 3.91. The predicted octanol–water partition coefficient (Wildman–Crippen LogP) is 1.15. The quantitative estimate of drug-likeness (QED) is 0.640. The zero-order valence-corrected chi connectivity index (χ0v) is 6.89. The Balaban J connectivity index is 2.11. The van der Waals surface area contributed by atoms with E-state index in [9.17, 15) is 0 Å². The monoisotopic (exact) mass is 143 g/mol. The van der Waals surface area contributed by atoms with Crippen LogP contribution in [-0.2, 0) is 4.74 Å². The van der Waals surface area contributed by atoms with Crippen molar-refractivity contribution in [1.29, 1.82) is 0 Å². The van der Waals surface area contributed by atoms with Crippen LogP contribution in [0, 0.1) is 5.41 Å². The molecule has 0 heterocycles. The van der Waals surface area contributed by atoms with Crippen molar-refractivity contribution in [3.63, 3.8) is 0 Å². The van der Waals surface area contributed by atoms with Crippen LogP contribution >= 0.6 is 0 Å². The van der Waals surface area contributed by atoms with Gasteiger partial charge in [-0.1, -0.05) is 6.92 Å². The lowest BCUT2D eigenvalue weighted by molar-refractivity contribution is 0.169. The molecule has 2 N–H and O–H groups in total. The molecule has 1 aliphatic rings. The highest BCUT2D eigenvalue weighted by atomic mass is 16.5. The second-order valence-electron chi connectivity index (χ2n) is 3.73. The van der Waals surface area contributed by atoms with Gasteiger partial charge in [0.2, 0.25) is 0 Å². The zero-order chi connectivity index (χ0) is 7.61. The van der Waals surface area contributed by atoms with E-state index in [0.29, 0.717) is 12.0 Å². The maximum absolute atomic E-state index is 5.79. The van der Waals surface area contributed by atoms with E-state index >= 15 is 0 Å². The molecule has 1 fully saturated rings. The molecule has 1 unspecified atom stereocenters. The van der Waals surface area contributed by atoms with E-state index in [1.54, 1.807) is 7.11 Å². The molecule has 0 amide bonds. The molecule has 0 saturated heterocycles. The van der Waals surface area contributed by atoms with Gasteiger partial charge in [-0.2, -0.15) is 0 Å². The molecule has 10 heavy (non-hydrogen) atoms. The fourth-order valence-electron chi connectivity index (χ4n) is 1.32. The third kappa shape index (κ3) is 2.27. The minimum Gasteiger partial charge on any atom is -0.383 e. The fourth-order valence-corrected chi connectivity index (χ4v) is 1.32. The summed E-state index contributed by atoms with van der Waals surface area (Å²) in [6, 6.07) is 0.248. The standard InChI is InChI=1S/C8H17NO/c1-8(3-4-8)5-7(9)6-10-2/h7H,3-6,9H2,1-2H3. The number of methoxy groups -OCH3 is 1. The van der Waals surface area contributed by atoms with Crippen LogP contribution in [-0.4, -0.2) is 19.8 Å². The van der Waals surface area contributed by atoms with Crippen molar-refractivity contribution in [3.05, 3.63) is 0 Å². The third-order valence-electron chi connectivity index (χ3n) is 2.24. The highest BCUT2D eigenvalue weighted by molar-refractivity contribution is 4.91. The lowest BCUT2D eigenvalue weighted by atomic mass is 10.0. The largest absolute Gasteiger partial charge is 0.383 e. The molecule has 0 aliphatic heterocycles. The highest BCUT2D eigenvalue weighted by Crippen LogP contribution is 2.48. The molecule has 1 atom stereocenters. The van der Waals surface area contributed by atoms with Gasteiger partial charge in [0.25, 0.3) is 0 Å². The van der Waals surface area contributed by atoms with E-state index < -0.39 is 0 Å². The summed E-state index contributed by atoms with van der Waals surface area (Å²) < 4.78 is 4.95. The smallest absolute Gasteiger partial charge is 0.0613 e. The Morgan fingerprint density at radius 3 is 2.60 bits per heavy atom. The van der Waals surface area contributed by atoms with E-state index in [1.807, 2.05) is 0 Å². The molecule has 2 heteroatoms. The number of hydrogen-bond acceptors (Lipinski definition) is 2. The summed E-state index contributed by atoms with van der Waals surface area (Å²) in [5, 5.41) is 0. The van der Waals surface area contributed by atoms with E-state index in [4.69, 9.17) is 10.5 Å². The molecule has 1 saturated carbocycles. The van der Waals surface area contributed by atoms with Gasteiger partial charge in [0.1, 0.15) is 0 Å². The maximum atomic E-state index is 5.79. The van der Waals surface area contributed by atoms with Crippen LogP contribution in [0.1, 0.15) is 26.2 Å². The van der Waals surface area contributed by atoms with Crippen LogP contribution in [0.5, 0.6) is 0 Å². The Hall–Kier alpha value is -0.0800. The van der Waals surface area contributed by atoms with Crippen LogP contribution in [0.15, 0.2) is 0 Å². The Kier molecular flexibility index (Phi) is 2.32. The maximum Gasteiger partial charge on any atom is 0.0613 e. The van der Waals surface area contributed by atoms with Crippen molar-refractivity contribution in [1.82, 2.24) is 0 Å². The Labute approximate surface area is 62.7 Å². The number of nitrogens with two attached hydrogens (primary N) is 1. The minimum absolute atomic E-state index is 0.248. The Morgan fingerprint density at radius 2 is 2.20 bits per heavy atom. The lowest BCUT2D eigenvalue weighted by Gasteiger charge is -2.14. The van der Waals surface area contributed by atoms with Crippen molar-refractivity contribution in [2.75, 3.05) is 13.7 Å². The fraction of sp³-hybridized carbons (Fsp3) is 1.00. The molecule has 0 bridgehead atoms. The van der Waals surface area contributed by atoms with Crippen molar-refractivity contribution in [2.24, 2.45) is 11.1 Å². The summed E-state index contributed by atoms with van der Waals surface area (Å²) in [6.45, 7) is 3.00. The van der Waals surface area contributed by atoms with Crippen LogP contribution in [0.4, 0.5) is 0 Å². The van der Waals surface area contributed by atoms with Crippen molar-refractivity contribution in [2.45, 2.75) is 32.2 Å². The molecule has 1 aliphatic carbocycles. The van der Waals surface area contributed by atoms with Gasteiger partial charge in [-0.05, 0) is 24.7 Å². The van der Waals surface area contributed by atoms with Gasteiger partial charge in [-0.25, -0.2) is 0 Å². The molecular formula is C8H17NO. The van der Waals surface area contributed by atoms with Gasteiger partial charge < -0.3 is 10.5 Å². The van der Waals surface area contributed by atoms with Crippen LogP contribution < -0.4 is 5.73 Å². The van der Waals surface area contributed by atoms with Crippen molar-refractivity contribution >= 4 is 0 Å². The molecule has 2 nitrogen and oxygen atoms in total. The molecule has 0 aromatic heterocycles. The van der Waals surface area contributed by atoms with E-state index in [-0.39, 0.29) is 6.04 Å². The first kappa shape index (κ1) is 8.02. The molecule has 60 valence electrons. The number of hydrogen-bond donors (Lipinski definition) is 1. The van der Waals surface area contributed by atoms with E-state index in [2.05, 4.69) is 6.92 Å². The number of ether oxygens (including phenoxy) is 1. The van der Waals surface area contributed by atoms with Gasteiger partial charge in [0.05, 0.1) is 6.61 Å². The van der Waals surface area contributed by atoms with Gasteiger partial charge in [-0.15, -0.1) is 0 Å². The molecule has 0 aromatic carbocycles. The highest BCUT2D eigenvalue weighted by Gasteiger charge is 2.38. The lowest BCUT2D eigenvalue weighted by Crippen LogP contribution is -2.28. The average molecular weight is 143 g/mol. The summed E-state index contributed by atoms with van der Waals surface area (Å²) in [5.41, 5.74) is 6.35. The van der Waals surface area contributed by atoms with E-state index in [1.165, 1.54) is 12.8 Å². The van der Waals surface area contributed by atoms with Crippen LogP contribution in [0.25, 0.3) is 0 Å². The first-order valence-corrected chi connectivity index (χ1v) is 3.91. The molecule has 0 radical (unpaired) electrons. The minimum atomic E-state index is 0.248. The van der Waals surface area contributed by atoms with Gasteiger partial charge in [0.15, 0.2) is 0 Å². The van der Waals surface area contributed by atoms with E-state index in [0.717, 1.165) is 6.42 Å². The van der Waals surface area contributed by atoms with Gasteiger partial charge >= 0.3 is 0 Å². The summed E-state index contributed by atoms with van der Waals surface area (Å²) in [6.07, 6.45) is 3.83. The number of rotatable bonds is 4. The third-order valence-corrected chi connectivity index (χ3v) is 2.24. The molecule has 0 aromatic rings. The topological polar surface area (TPSA) is 35.2 Å². The Morgan fingerprint density at radius 1 is 1.60 bits per heavy atom. The summed E-state index contributed by atoms with van der Waals surface area (Å²) >= 11 is 0. The summed E-state index contributed by atoms with van der Waals surface area (Å²) in [4.78, 5) is 0. The molecular weight excluding hydrogens is 126 g/mol. The van der Waals surface area contributed by atoms with Crippen molar-refractivity contribution < 1.29 is 4.74 Å². The SMILES string of the molecule is COCC(N)CC1(C)CC1. The van der Waals surface area contributed by atoms with Crippen molar-refractivity contribution in [3.8, 4) is 0 Å². The van der Waals surface area contributed by atoms with Gasteiger partial charge in [0, 0.05) is 13.2 Å². The van der Waals surface area contributed by atoms with Crippen LogP contribution in [0.3, 0.4) is 0 Å². The second kappa shape index (κ2) is 2.89. The van der Waals surface area contributed by atoms with Gasteiger partial charge in [-0.3, -0.25) is 0 Å². The summed E-state index contributed by atoms with van der Waals surface area (Å²) in [7, 11) is 1.70. The first-order chi connectivity index (χ1) is 4.66. The predicted molar refractivity (Wildman–Crippen MR) is 41.8 cm³/mol. The summed E-state index contributed by atoms with van der Waals surface area (Å²) in [5.74, 6) is 0. The molecule has 1 rings (SSSR count). The van der Waals surface area contributed by atoms with Crippen LogP contribution in [0.2, 0.25) is 0 Å². The second-order valence-corrected chi connectivity index (χ2v) is 3.73. The average Bonchev–Trinajstić information content (AvgIpc) is 2.48. The molecule has 0 spiro atoms. The Bertz CT molecular complexity index is 110. The zero-order valence-electron chi connectivity index (χ0n) is 6.89. The normalized spacial score (nSPS) is 24.3.